The molecule has 0 spiro atoms. The molecule has 0 bridgehead atoms. The van der Waals surface area contributed by atoms with Crippen molar-refractivity contribution in [3.05, 3.63) is 52.6 Å². The number of nitro benzene ring substituents is 1. The van der Waals surface area contributed by atoms with E-state index in [4.69, 9.17) is 9.47 Å². The van der Waals surface area contributed by atoms with E-state index in [-0.39, 0.29) is 30.0 Å². The van der Waals surface area contributed by atoms with E-state index in [9.17, 15) is 24.5 Å². The maximum atomic E-state index is 12.9. The van der Waals surface area contributed by atoms with Crippen LogP contribution in [0.25, 0.3) is 0 Å². The summed E-state index contributed by atoms with van der Waals surface area (Å²) in [6, 6.07) is 5.06. The molecule has 1 unspecified atom stereocenters. The molecule has 9 heteroatoms. The van der Waals surface area contributed by atoms with Gasteiger partial charge in [-0.15, -0.1) is 6.58 Å². The summed E-state index contributed by atoms with van der Waals surface area (Å²) in [6.07, 6.45) is 4.21. The molecule has 1 aliphatic rings. The van der Waals surface area contributed by atoms with Gasteiger partial charge in [-0.05, 0) is 44.2 Å². The molecule has 1 aromatic rings. The number of esters is 2. The zero-order chi connectivity index (χ0) is 23.0. The Morgan fingerprint density at radius 1 is 1.19 bits per heavy atom. The molecule has 9 nitrogen and oxygen atoms in total. The maximum absolute atomic E-state index is 12.9. The Bertz CT molecular complexity index is 822. The van der Waals surface area contributed by atoms with Crippen molar-refractivity contribution in [2.45, 2.75) is 38.2 Å². The van der Waals surface area contributed by atoms with Crippen LogP contribution in [0.5, 0.6) is 0 Å². The van der Waals surface area contributed by atoms with E-state index in [0.717, 1.165) is 19.3 Å². The zero-order valence-electron chi connectivity index (χ0n) is 17.8. The molecule has 3 atom stereocenters. The number of amides is 1. The van der Waals surface area contributed by atoms with Gasteiger partial charge in [0.2, 0.25) is 5.91 Å². The van der Waals surface area contributed by atoms with Crippen LogP contribution in [0.2, 0.25) is 0 Å². The second-order valence-corrected chi connectivity index (χ2v) is 7.58. The van der Waals surface area contributed by atoms with Gasteiger partial charge < -0.3 is 14.4 Å². The van der Waals surface area contributed by atoms with Gasteiger partial charge >= 0.3 is 11.9 Å². The second kappa shape index (κ2) is 11.2. The topological polar surface area (TPSA) is 116 Å². The van der Waals surface area contributed by atoms with Gasteiger partial charge in [0, 0.05) is 25.7 Å². The van der Waals surface area contributed by atoms with Gasteiger partial charge in [-0.25, -0.2) is 4.79 Å². The first kappa shape index (κ1) is 24.0. The molecule has 0 radical (unpaired) electrons. The van der Waals surface area contributed by atoms with Crippen molar-refractivity contribution in [2.24, 2.45) is 11.8 Å². The van der Waals surface area contributed by atoms with Crippen LogP contribution < -0.4 is 0 Å². The van der Waals surface area contributed by atoms with Gasteiger partial charge in [-0.3, -0.25) is 19.7 Å². The van der Waals surface area contributed by atoms with Crippen molar-refractivity contribution in [2.75, 3.05) is 20.7 Å². The number of nitro groups is 1. The van der Waals surface area contributed by atoms with E-state index in [1.807, 2.05) is 6.08 Å². The van der Waals surface area contributed by atoms with E-state index >= 15 is 0 Å². The molecule has 1 amide bonds. The molecule has 1 aliphatic carbocycles. The normalized spacial score (nSPS) is 20.0. The third kappa shape index (κ3) is 6.37. The molecule has 1 fully saturated rings. The summed E-state index contributed by atoms with van der Waals surface area (Å²) in [5, 5.41) is 10.7. The lowest BCUT2D eigenvalue weighted by Gasteiger charge is -2.23. The largest absolute Gasteiger partial charge is 0.469 e. The number of ether oxygens (including phenoxy) is 2. The maximum Gasteiger partial charge on any atom is 0.338 e. The minimum absolute atomic E-state index is 0.134. The highest BCUT2D eigenvalue weighted by molar-refractivity contribution is 5.90. The van der Waals surface area contributed by atoms with Crippen LogP contribution in [0.15, 0.2) is 36.9 Å². The summed E-state index contributed by atoms with van der Waals surface area (Å²) < 4.78 is 10.4. The first-order chi connectivity index (χ1) is 14.8. The van der Waals surface area contributed by atoms with Crippen molar-refractivity contribution in [3.8, 4) is 0 Å². The van der Waals surface area contributed by atoms with Crippen molar-refractivity contribution >= 4 is 23.5 Å². The van der Waals surface area contributed by atoms with Gasteiger partial charge in [-0.1, -0.05) is 6.08 Å². The molecule has 1 aromatic carbocycles. The Labute approximate surface area is 181 Å². The van der Waals surface area contributed by atoms with E-state index in [0.29, 0.717) is 6.54 Å². The number of non-ortho nitro benzene ring substituents is 1. The van der Waals surface area contributed by atoms with Crippen LogP contribution in [0.1, 0.15) is 42.5 Å². The van der Waals surface area contributed by atoms with Gasteiger partial charge in [0.05, 0.1) is 29.4 Å². The van der Waals surface area contributed by atoms with Crippen molar-refractivity contribution in [1.82, 2.24) is 4.90 Å². The fourth-order valence-corrected chi connectivity index (χ4v) is 3.74. The molecule has 168 valence electrons. The van der Waals surface area contributed by atoms with E-state index in [2.05, 4.69) is 6.58 Å². The lowest BCUT2D eigenvalue weighted by atomic mass is 9.94. The fraction of sp³-hybridized carbons (Fsp3) is 0.500. The van der Waals surface area contributed by atoms with E-state index < -0.39 is 34.8 Å². The average molecular weight is 432 g/mol. The van der Waals surface area contributed by atoms with Crippen molar-refractivity contribution < 1.29 is 28.8 Å². The van der Waals surface area contributed by atoms with E-state index in [1.54, 1.807) is 11.9 Å². The molecular formula is C22H28N2O7. The predicted octanol–water partition coefficient (Wildman–Crippen LogP) is 3.13. The average Bonchev–Trinajstić information content (AvgIpc) is 3.19. The number of hydrogen-bond acceptors (Lipinski definition) is 7. The van der Waals surface area contributed by atoms with Crippen LogP contribution in [0, 0.1) is 22.0 Å². The highest BCUT2D eigenvalue weighted by Gasteiger charge is 2.45. The molecule has 1 saturated carbocycles. The first-order valence-corrected chi connectivity index (χ1v) is 10.2. The minimum atomic E-state index is -0.692. The number of nitrogens with zero attached hydrogens (tertiary/aromatic N) is 2. The SMILES string of the molecule is C=CCCCCN(C)C(=O)[C@@H]1CC(OC(=O)c2ccc([N+](=O)[O-])cc2)C[C@H]1C(=O)OC. The molecule has 0 aromatic heterocycles. The van der Waals surface area contributed by atoms with Crippen LogP contribution in [0.3, 0.4) is 0 Å². The molecule has 2 rings (SSSR count). The lowest BCUT2D eigenvalue weighted by molar-refractivity contribution is -0.384. The van der Waals surface area contributed by atoms with Crippen LogP contribution in [-0.2, 0) is 19.1 Å². The molecule has 31 heavy (non-hydrogen) atoms. The number of methoxy groups -OCH3 is 1. The highest BCUT2D eigenvalue weighted by atomic mass is 16.6. The minimum Gasteiger partial charge on any atom is -0.469 e. The molecule has 0 N–H and O–H groups in total. The quantitative estimate of drug-likeness (QED) is 0.183. The first-order valence-electron chi connectivity index (χ1n) is 10.2. The van der Waals surface area contributed by atoms with Gasteiger partial charge in [0.25, 0.3) is 5.69 Å². The number of rotatable bonds is 10. The smallest absolute Gasteiger partial charge is 0.338 e. The van der Waals surface area contributed by atoms with Crippen LogP contribution in [0.4, 0.5) is 5.69 Å². The fourth-order valence-electron chi connectivity index (χ4n) is 3.74. The number of benzene rings is 1. The number of carbonyl (C=O) groups excluding carboxylic acids is 3. The van der Waals surface area contributed by atoms with Crippen LogP contribution >= 0.6 is 0 Å². The summed E-state index contributed by atoms with van der Waals surface area (Å²) in [4.78, 5) is 49.4. The Kier molecular flexibility index (Phi) is 8.72. The third-order valence-corrected chi connectivity index (χ3v) is 5.46. The standard InChI is InChI=1S/C22H28N2O7/c1-4-5-6-7-12-23(2)20(25)18-13-17(14-19(18)22(27)30-3)31-21(26)15-8-10-16(11-9-15)24(28)29/h4,8-11,17-19H,1,5-7,12-14H2,2-3H3/t17?,18-,19-/m1/s1. The summed E-state index contributed by atoms with van der Waals surface area (Å²) >= 11 is 0. The molecule has 0 heterocycles. The zero-order valence-corrected chi connectivity index (χ0v) is 17.8. The molecular weight excluding hydrogens is 404 g/mol. The number of hydrogen-bond donors (Lipinski definition) is 0. The summed E-state index contributed by atoms with van der Waals surface area (Å²) in [6.45, 7) is 4.24. The molecule has 0 aliphatic heterocycles. The van der Waals surface area contributed by atoms with Crippen LogP contribution in [-0.4, -0.2) is 54.5 Å². The monoisotopic (exact) mass is 432 g/mol. The highest BCUT2D eigenvalue weighted by Crippen LogP contribution is 2.36. The Balaban J connectivity index is 2.03. The summed E-state index contributed by atoms with van der Waals surface area (Å²) in [7, 11) is 2.96. The predicted molar refractivity (Wildman–Crippen MR) is 112 cm³/mol. The van der Waals surface area contributed by atoms with Gasteiger partial charge in [0.15, 0.2) is 0 Å². The van der Waals surface area contributed by atoms with Crippen molar-refractivity contribution in [1.29, 1.82) is 0 Å². The van der Waals surface area contributed by atoms with Gasteiger partial charge in [0.1, 0.15) is 6.10 Å². The Morgan fingerprint density at radius 2 is 1.84 bits per heavy atom. The number of unbranched alkanes of at least 4 members (excludes halogenated alkanes) is 2. The lowest BCUT2D eigenvalue weighted by Crippen LogP contribution is -2.37. The van der Waals surface area contributed by atoms with Crippen molar-refractivity contribution in [3.63, 3.8) is 0 Å². The Morgan fingerprint density at radius 3 is 2.42 bits per heavy atom. The number of allylic oxidation sites excluding steroid dienone is 1. The Hall–Kier alpha value is -3.23. The number of carbonyl (C=O) groups is 3. The second-order valence-electron chi connectivity index (χ2n) is 7.58. The summed E-state index contributed by atoms with van der Waals surface area (Å²) in [5.41, 5.74) is 0.0271. The van der Waals surface area contributed by atoms with E-state index in [1.165, 1.54) is 31.4 Å². The molecule has 0 saturated heterocycles. The third-order valence-electron chi connectivity index (χ3n) is 5.46. The summed E-state index contributed by atoms with van der Waals surface area (Å²) in [5.74, 6) is -2.67. The van der Waals surface area contributed by atoms with Gasteiger partial charge in [-0.2, -0.15) is 0 Å².